The average molecular weight is 707 g/mol. The van der Waals surface area contributed by atoms with Crippen LogP contribution in [-0.4, -0.2) is 67.2 Å². The largest absolute Gasteiger partial charge is 0.497 e. The molecule has 0 radical (unpaired) electrons. The number of rotatable bonds is 11. The van der Waals surface area contributed by atoms with Gasteiger partial charge in [0.1, 0.15) is 35.6 Å². The second-order valence-electron chi connectivity index (χ2n) is 13.7. The molecule has 1 heterocycles. The molecule has 1 aliphatic heterocycles. The van der Waals surface area contributed by atoms with Crippen LogP contribution in [0, 0.1) is 0 Å². The highest BCUT2D eigenvalue weighted by atomic mass is 32.2. The predicted molar refractivity (Wildman–Crippen MR) is 204 cm³/mol. The summed E-state index contributed by atoms with van der Waals surface area (Å²) in [7, 11) is -1.35. The van der Waals surface area contributed by atoms with Crippen molar-refractivity contribution < 1.29 is 29.2 Å². The molecule has 1 aliphatic rings. The summed E-state index contributed by atoms with van der Waals surface area (Å²) in [6.07, 6.45) is -5.14. The van der Waals surface area contributed by atoms with E-state index in [4.69, 9.17) is 13.9 Å². The van der Waals surface area contributed by atoms with Crippen molar-refractivity contribution in [2.24, 2.45) is 0 Å². The molecule has 0 amide bonds. The predicted octanol–water partition coefficient (Wildman–Crippen LogP) is 6.10. The summed E-state index contributed by atoms with van der Waals surface area (Å²) in [6.45, 7) is 6.59. The van der Waals surface area contributed by atoms with Crippen molar-refractivity contribution in [3.05, 3.63) is 162 Å². The first kappa shape index (κ1) is 36.1. The van der Waals surface area contributed by atoms with Crippen LogP contribution in [0.2, 0.25) is 5.04 Å². The molecule has 5 aromatic carbocycles. The molecule has 5 aromatic rings. The number of hydrogen-bond acceptors (Lipinski definition) is 7. The Labute approximate surface area is 300 Å². The van der Waals surface area contributed by atoms with Crippen molar-refractivity contribution in [1.29, 1.82) is 0 Å². The van der Waals surface area contributed by atoms with Crippen LogP contribution in [0.25, 0.3) is 0 Å². The number of ether oxygens (including phenoxy) is 2. The molecule has 6 rings (SSSR count). The zero-order valence-electron chi connectivity index (χ0n) is 28.9. The first-order valence-electron chi connectivity index (χ1n) is 17.0. The highest BCUT2D eigenvalue weighted by Crippen LogP contribution is 2.52. The average Bonchev–Trinajstić information content (AvgIpc) is 3.15. The zero-order valence-corrected chi connectivity index (χ0v) is 30.7. The van der Waals surface area contributed by atoms with E-state index in [-0.39, 0.29) is 11.6 Å². The Balaban J connectivity index is 1.41. The van der Waals surface area contributed by atoms with Crippen LogP contribution in [0.4, 0.5) is 0 Å². The Morgan fingerprint density at radius 1 is 0.600 bits per heavy atom. The van der Waals surface area contributed by atoms with Gasteiger partial charge in [0.2, 0.25) is 0 Å². The number of benzene rings is 5. The van der Waals surface area contributed by atoms with E-state index in [1.165, 1.54) is 11.8 Å². The smallest absolute Gasteiger partial charge is 0.261 e. The summed E-state index contributed by atoms with van der Waals surface area (Å²) in [5.74, 6) is 0.724. The third kappa shape index (κ3) is 6.82. The molecule has 0 aliphatic carbocycles. The fourth-order valence-corrected chi connectivity index (χ4v) is 13.4. The minimum atomic E-state index is -2.99. The molecule has 0 aromatic heterocycles. The zero-order chi connectivity index (χ0) is 35.4. The Bertz CT molecular complexity index is 1710. The topological polar surface area (TPSA) is 88.4 Å². The maximum absolute atomic E-state index is 11.6. The molecule has 3 N–H and O–H groups in total. The van der Waals surface area contributed by atoms with Gasteiger partial charge in [0.25, 0.3) is 8.32 Å². The van der Waals surface area contributed by atoms with Crippen molar-refractivity contribution in [1.82, 2.24) is 0 Å². The van der Waals surface area contributed by atoms with E-state index in [0.29, 0.717) is 0 Å². The molecule has 1 saturated heterocycles. The fraction of sp³-hybridized carbons (Fsp3) is 0.286. The van der Waals surface area contributed by atoms with Gasteiger partial charge in [-0.3, -0.25) is 0 Å². The van der Waals surface area contributed by atoms with Crippen molar-refractivity contribution in [3.8, 4) is 5.75 Å². The minimum Gasteiger partial charge on any atom is -0.497 e. The summed E-state index contributed by atoms with van der Waals surface area (Å²) in [5.41, 5.74) is 1.94. The van der Waals surface area contributed by atoms with Gasteiger partial charge < -0.3 is 29.2 Å². The van der Waals surface area contributed by atoms with E-state index in [0.717, 1.165) is 32.8 Å². The van der Waals surface area contributed by atoms with E-state index >= 15 is 0 Å². The van der Waals surface area contributed by atoms with E-state index < -0.39 is 42.9 Å². The molecule has 50 heavy (non-hydrogen) atoms. The molecule has 5 atom stereocenters. The molecule has 0 saturated carbocycles. The molecular formula is C42H46O6SSi. The fourth-order valence-electron chi connectivity index (χ4n) is 7.17. The standard InChI is InChI=1S/C42H46O6SSi/c1-41(2,3)50(34-21-13-7-14-22-34,35-23-15-8-16-24-35)47-29-36-37(43)38(44)39(45)40(48-36)49-42(30-17-9-5-10-18-30,31-19-11-6-12-20-31)32-25-27-33(46-4)28-26-32/h5-28,36-40,43-45H,29H2,1-4H3/t36-,37-,38+,39+,40-/m1/s1. The molecule has 0 bridgehead atoms. The minimum absolute atomic E-state index is 0.0154. The molecule has 0 unspecified atom stereocenters. The Morgan fingerprint density at radius 3 is 1.48 bits per heavy atom. The molecule has 260 valence electrons. The van der Waals surface area contributed by atoms with E-state index in [9.17, 15) is 15.3 Å². The van der Waals surface area contributed by atoms with Crippen LogP contribution in [0.15, 0.2) is 146 Å². The quantitative estimate of drug-likeness (QED) is 0.113. The maximum Gasteiger partial charge on any atom is 0.261 e. The molecule has 1 fully saturated rings. The van der Waals surface area contributed by atoms with Crippen molar-refractivity contribution in [2.75, 3.05) is 13.7 Å². The lowest BCUT2D eigenvalue weighted by atomic mass is 9.84. The van der Waals surface area contributed by atoms with Crippen LogP contribution < -0.4 is 15.1 Å². The highest BCUT2D eigenvalue weighted by molar-refractivity contribution is 8.01. The van der Waals surface area contributed by atoms with E-state index in [2.05, 4.69) is 69.3 Å². The monoisotopic (exact) mass is 706 g/mol. The van der Waals surface area contributed by atoms with E-state index in [1.54, 1.807) is 7.11 Å². The second-order valence-corrected chi connectivity index (χ2v) is 19.4. The SMILES string of the molecule is COc1ccc(C(S[C@H]2O[C@H](CO[Si](c3ccccc3)(c3ccccc3)C(C)(C)C)[C@@H](O)[C@H](O)[C@@H]2O)(c2ccccc2)c2ccccc2)cc1. The van der Waals surface area contributed by atoms with E-state index in [1.807, 2.05) is 97.1 Å². The van der Waals surface area contributed by atoms with Crippen LogP contribution in [0.5, 0.6) is 5.75 Å². The summed E-state index contributed by atoms with van der Waals surface area (Å²) >= 11 is 1.41. The lowest BCUT2D eigenvalue weighted by Gasteiger charge is -2.47. The van der Waals surface area contributed by atoms with Crippen LogP contribution in [-0.2, 0) is 13.9 Å². The van der Waals surface area contributed by atoms with Gasteiger partial charge in [0.15, 0.2) is 0 Å². The Morgan fingerprint density at radius 2 is 1.04 bits per heavy atom. The number of methoxy groups -OCH3 is 1. The van der Waals surface area contributed by atoms with Crippen molar-refractivity contribution in [2.45, 2.75) is 60.4 Å². The number of hydrogen-bond donors (Lipinski definition) is 3. The van der Waals surface area contributed by atoms with Gasteiger partial charge in [-0.05, 0) is 44.2 Å². The number of thioether (sulfide) groups is 1. The molecular weight excluding hydrogens is 661 g/mol. The van der Waals surface area contributed by atoms with Gasteiger partial charge in [0, 0.05) is 0 Å². The maximum atomic E-state index is 11.6. The van der Waals surface area contributed by atoms with Gasteiger partial charge in [-0.2, -0.15) is 0 Å². The van der Waals surface area contributed by atoms with Gasteiger partial charge in [-0.1, -0.05) is 154 Å². The van der Waals surface area contributed by atoms with Crippen LogP contribution in [0.1, 0.15) is 37.5 Å². The summed E-state index contributed by atoms with van der Waals surface area (Å²) < 4.78 is 18.5. The van der Waals surface area contributed by atoms with Crippen molar-refractivity contribution >= 4 is 30.5 Å². The lowest BCUT2D eigenvalue weighted by molar-refractivity contribution is -0.204. The third-order valence-corrected chi connectivity index (χ3v) is 16.4. The summed E-state index contributed by atoms with van der Waals surface area (Å²) in [4.78, 5) is 0. The first-order valence-corrected chi connectivity index (χ1v) is 19.8. The Hall–Kier alpha value is -3.73. The normalized spacial score (nSPS) is 21.5. The Kier molecular flexibility index (Phi) is 11.0. The van der Waals surface area contributed by atoms with Gasteiger partial charge >= 0.3 is 0 Å². The van der Waals surface area contributed by atoms with Gasteiger partial charge in [0.05, 0.1) is 18.5 Å². The second kappa shape index (κ2) is 15.2. The van der Waals surface area contributed by atoms with Crippen LogP contribution >= 0.6 is 11.8 Å². The van der Waals surface area contributed by atoms with Gasteiger partial charge in [-0.25, -0.2) is 0 Å². The molecule has 8 heteroatoms. The first-order chi connectivity index (χ1) is 24.1. The van der Waals surface area contributed by atoms with Gasteiger partial charge in [-0.15, -0.1) is 11.8 Å². The molecule has 6 nitrogen and oxygen atoms in total. The summed E-state index contributed by atoms with van der Waals surface area (Å²) in [6, 6.07) is 48.6. The number of aliphatic hydroxyl groups is 3. The van der Waals surface area contributed by atoms with Crippen molar-refractivity contribution in [3.63, 3.8) is 0 Å². The lowest BCUT2D eigenvalue weighted by Crippen LogP contribution is -2.68. The molecule has 0 spiro atoms. The number of aliphatic hydroxyl groups excluding tert-OH is 3. The third-order valence-electron chi connectivity index (χ3n) is 9.70. The highest BCUT2D eigenvalue weighted by Gasteiger charge is 2.53. The van der Waals surface area contributed by atoms with Crippen LogP contribution in [0.3, 0.4) is 0 Å². The summed E-state index contributed by atoms with van der Waals surface area (Å²) in [5, 5.41) is 36.4.